The molecular formula is C21H31NO3. The summed E-state index contributed by atoms with van der Waals surface area (Å²) < 4.78 is 5.47. The zero-order valence-electron chi connectivity index (χ0n) is 15.6. The molecule has 4 aliphatic carbocycles. The molecule has 2 saturated carbocycles. The summed E-state index contributed by atoms with van der Waals surface area (Å²) in [5, 5.41) is 10.0. The highest BCUT2D eigenvalue weighted by atomic mass is 16.5. The van der Waals surface area contributed by atoms with Gasteiger partial charge in [-0.1, -0.05) is 26.0 Å². The van der Waals surface area contributed by atoms with Crippen molar-refractivity contribution in [2.75, 3.05) is 0 Å². The number of carbonyl (C=O) groups is 1. The van der Waals surface area contributed by atoms with Crippen LogP contribution in [0.3, 0.4) is 0 Å². The van der Waals surface area contributed by atoms with Gasteiger partial charge in [0.1, 0.15) is 5.76 Å². The van der Waals surface area contributed by atoms with Gasteiger partial charge in [0.2, 0.25) is 0 Å². The van der Waals surface area contributed by atoms with Gasteiger partial charge in [0.05, 0.1) is 11.8 Å². The molecule has 25 heavy (non-hydrogen) atoms. The molecule has 0 aliphatic heterocycles. The molecule has 0 heterocycles. The monoisotopic (exact) mass is 345 g/mol. The Bertz CT molecular complexity index is 654. The van der Waals surface area contributed by atoms with Crippen molar-refractivity contribution in [3.05, 3.63) is 23.6 Å². The van der Waals surface area contributed by atoms with Crippen LogP contribution in [0.15, 0.2) is 23.6 Å². The molecule has 2 fully saturated rings. The Morgan fingerprint density at radius 2 is 2.04 bits per heavy atom. The van der Waals surface area contributed by atoms with Gasteiger partial charge in [0.25, 0.3) is 0 Å². The molecule has 2 unspecified atom stereocenters. The van der Waals surface area contributed by atoms with Crippen molar-refractivity contribution in [2.24, 2.45) is 40.2 Å². The van der Waals surface area contributed by atoms with Gasteiger partial charge in [0.15, 0.2) is 0 Å². The fourth-order valence-corrected chi connectivity index (χ4v) is 6.72. The number of aliphatic hydroxyl groups excluding tert-OH is 1. The maximum absolute atomic E-state index is 11.5. The number of fused-ring (bicyclic) bond motifs is 5. The second-order valence-corrected chi connectivity index (χ2v) is 9.27. The van der Waals surface area contributed by atoms with Gasteiger partial charge < -0.3 is 15.6 Å². The van der Waals surface area contributed by atoms with Gasteiger partial charge in [-0.2, -0.15) is 0 Å². The molecular weight excluding hydrogens is 314 g/mol. The molecule has 4 rings (SSSR count). The van der Waals surface area contributed by atoms with E-state index in [1.807, 2.05) is 6.08 Å². The highest BCUT2D eigenvalue weighted by molar-refractivity contribution is 5.67. The van der Waals surface area contributed by atoms with E-state index in [0.29, 0.717) is 23.7 Å². The van der Waals surface area contributed by atoms with Crippen molar-refractivity contribution in [3.63, 3.8) is 0 Å². The third-order valence-corrected chi connectivity index (χ3v) is 8.15. The molecule has 0 aromatic heterocycles. The molecule has 4 aliphatic rings. The van der Waals surface area contributed by atoms with Gasteiger partial charge in [-0.05, 0) is 61.2 Å². The Kier molecular flexibility index (Phi) is 3.84. The van der Waals surface area contributed by atoms with Gasteiger partial charge in [-0.25, -0.2) is 0 Å². The van der Waals surface area contributed by atoms with Crippen molar-refractivity contribution in [1.29, 1.82) is 0 Å². The standard InChI is InChI=1S/C21H31NO3/c1-12(23)25-18-11-17-15-5-4-13-10-14(24)6-8-20(13,2)16(15)7-9-21(17,3)19(18)22/h6,8,13-17,24H,4-5,7,9-11,22H2,1-3H3/t13?,14?,15-,16-,17+,20+,21+/m1/s1. The largest absolute Gasteiger partial charge is 0.429 e. The van der Waals surface area contributed by atoms with E-state index in [1.165, 1.54) is 26.2 Å². The summed E-state index contributed by atoms with van der Waals surface area (Å²) in [6.45, 7) is 6.13. The number of rotatable bonds is 1. The minimum absolute atomic E-state index is 0.0347. The number of allylic oxidation sites excluding steroid dienone is 3. The number of carbonyl (C=O) groups excluding carboxylic acids is 1. The summed E-state index contributed by atoms with van der Waals surface area (Å²) >= 11 is 0. The predicted octanol–water partition coefficient (Wildman–Crippen LogP) is 3.51. The smallest absolute Gasteiger partial charge is 0.307 e. The van der Waals surface area contributed by atoms with E-state index in [2.05, 4.69) is 19.9 Å². The Balaban J connectivity index is 1.64. The molecule has 0 aromatic rings. The van der Waals surface area contributed by atoms with E-state index in [-0.39, 0.29) is 22.9 Å². The van der Waals surface area contributed by atoms with Crippen molar-refractivity contribution >= 4 is 5.97 Å². The zero-order valence-corrected chi connectivity index (χ0v) is 15.6. The van der Waals surface area contributed by atoms with Crippen LogP contribution in [0.4, 0.5) is 0 Å². The van der Waals surface area contributed by atoms with Crippen molar-refractivity contribution in [2.45, 2.75) is 65.4 Å². The van der Waals surface area contributed by atoms with Crippen LogP contribution in [0.2, 0.25) is 0 Å². The van der Waals surface area contributed by atoms with E-state index in [4.69, 9.17) is 10.5 Å². The number of esters is 1. The molecule has 4 heteroatoms. The number of hydrogen-bond donors (Lipinski definition) is 2. The number of hydrogen-bond acceptors (Lipinski definition) is 4. The van der Waals surface area contributed by atoms with Gasteiger partial charge in [-0.3, -0.25) is 4.79 Å². The van der Waals surface area contributed by atoms with Crippen molar-refractivity contribution < 1.29 is 14.6 Å². The second kappa shape index (κ2) is 5.60. The average molecular weight is 345 g/mol. The minimum atomic E-state index is -0.275. The molecule has 4 nitrogen and oxygen atoms in total. The van der Waals surface area contributed by atoms with Gasteiger partial charge in [0, 0.05) is 18.8 Å². The van der Waals surface area contributed by atoms with E-state index >= 15 is 0 Å². The fraction of sp³-hybridized carbons (Fsp3) is 0.762. The van der Waals surface area contributed by atoms with E-state index in [9.17, 15) is 9.90 Å². The fourth-order valence-electron chi connectivity index (χ4n) is 6.72. The van der Waals surface area contributed by atoms with Crippen molar-refractivity contribution in [1.82, 2.24) is 0 Å². The van der Waals surface area contributed by atoms with Gasteiger partial charge in [-0.15, -0.1) is 0 Å². The lowest BCUT2D eigenvalue weighted by Gasteiger charge is -2.58. The highest BCUT2D eigenvalue weighted by Gasteiger charge is 2.59. The molecule has 138 valence electrons. The van der Waals surface area contributed by atoms with Crippen molar-refractivity contribution in [3.8, 4) is 0 Å². The lowest BCUT2D eigenvalue weighted by atomic mass is 9.46. The second-order valence-electron chi connectivity index (χ2n) is 9.27. The summed E-state index contributed by atoms with van der Waals surface area (Å²) in [5.41, 5.74) is 7.44. The van der Waals surface area contributed by atoms with Crippen LogP contribution in [-0.4, -0.2) is 17.2 Å². The van der Waals surface area contributed by atoms with Crippen LogP contribution in [0.5, 0.6) is 0 Å². The first-order chi connectivity index (χ1) is 11.8. The van der Waals surface area contributed by atoms with Crippen LogP contribution in [0.25, 0.3) is 0 Å². The molecule has 0 amide bonds. The maximum atomic E-state index is 11.5. The minimum Gasteiger partial charge on any atom is -0.429 e. The molecule has 0 bridgehead atoms. The molecule has 0 spiro atoms. The molecule has 0 radical (unpaired) electrons. The van der Waals surface area contributed by atoms with Crippen LogP contribution < -0.4 is 5.73 Å². The van der Waals surface area contributed by atoms with Gasteiger partial charge >= 0.3 is 5.97 Å². The normalized spacial score (nSPS) is 48.6. The Labute approximate surface area is 150 Å². The van der Waals surface area contributed by atoms with E-state index in [0.717, 1.165) is 30.7 Å². The summed E-state index contributed by atoms with van der Waals surface area (Å²) in [4.78, 5) is 11.5. The summed E-state index contributed by atoms with van der Waals surface area (Å²) in [6.07, 6.45) is 10.4. The first-order valence-corrected chi connectivity index (χ1v) is 9.80. The van der Waals surface area contributed by atoms with Crippen LogP contribution in [0, 0.1) is 34.5 Å². The summed E-state index contributed by atoms with van der Waals surface area (Å²) in [6, 6.07) is 0. The van der Waals surface area contributed by atoms with Crippen LogP contribution in [-0.2, 0) is 9.53 Å². The summed E-state index contributed by atoms with van der Waals surface area (Å²) in [7, 11) is 0. The quantitative estimate of drug-likeness (QED) is 0.563. The Morgan fingerprint density at radius 3 is 2.76 bits per heavy atom. The van der Waals surface area contributed by atoms with E-state index < -0.39 is 0 Å². The number of ether oxygens (including phenoxy) is 1. The Morgan fingerprint density at radius 1 is 1.28 bits per heavy atom. The first-order valence-electron chi connectivity index (χ1n) is 9.80. The third-order valence-electron chi connectivity index (χ3n) is 8.15. The predicted molar refractivity (Wildman–Crippen MR) is 96.0 cm³/mol. The van der Waals surface area contributed by atoms with E-state index in [1.54, 1.807) is 0 Å². The van der Waals surface area contributed by atoms with Crippen LogP contribution in [0.1, 0.15) is 59.3 Å². The number of aliphatic hydroxyl groups is 1. The molecule has 0 aromatic carbocycles. The zero-order chi connectivity index (χ0) is 18.0. The lowest BCUT2D eigenvalue weighted by molar-refractivity contribution is -0.137. The lowest BCUT2D eigenvalue weighted by Crippen LogP contribution is -2.52. The Hall–Kier alpha value is -1.29. The third kappa shape index (κ3) is 2.40. The highest BCUT2D eigenvalue weighted by Crippen LogP contribution is 2.65. The SMILES string of the molecule is CC(=O)OC1=C(N)[C@@]2(C)CC[C@@H]3[C@@H](CCC4CC(O)C=C[C@@]43C)[C@@H]2C1. The first kappa shape index (κ1) is 17.1. The van der Waals surface area contributed by atoms with Crippen LogP contribution >= 0.6 is 0 Å². The number of nitrogens with two attached hydrogens (primary N) is 1. The summed E-state index contributed by atoms with van der Waals surface area (Å²) in [5.74, 6) is 2.76. The molecule has 3 N–H and O–H groups in total. The molecule has 7 atom stereocenters. The topological polar surface area (TPSA) is 72.5 Å². The average Bonchev–Trinajstić information content (AvgIpc) is 2.79. The maximum Gasteiger partial charge on any atom is 0.307 e. The molecule has 0 saturated heterocycles.